The maximum atomic E-state index is 12.6. The quantitative estimate of drug-likeness (QED) is 0.838. The van der Waals surface area contributed by atoms with Crippen molar-refractivity contribution in [3.8, 4) is 5.75 Å². The second-order valence-corrected chi connectivity index (χ2v) is 8.04. The normalized spacial score (nSPS) is 18.1. The molecule has 20 heavy (non-hydrogen) atoms. The van der Waals surface area contributed by atoms with Crippen LogP contribution in [0, 0.1) is 0 Å². The van der Waals surface area contributed by atoms with Crippen LogP contribution in [0.1, 0.15) is 5.56 Å². The Morgan fingerprint density at radius 2 is 2.00 bits per heavy atom. The summed E-state index contributed by atoms with van der Waals surface area (Å²) >= 11 is 0. The molecule has 2 rings (SSSR count). The highest BCUT2D eigenvalue weighted by Gasteiger charge is 2.30. The molecule has 0 aliphatic carbocycles. The number of methoxy groups -OCH3 is 1. The molecule has 0 spiro atoms. The largest absolute Gasteiger partial charge is 0.495 e. The van der Waals surface area contributed by atoms with Gasteiger partial charge in [-0.25, -0.2) is 8.42 Å². The van der Waals surface area contributed by atoms with E-state index in [1.165, 1.54) is 11.4 Å². The molecule has 1 aliphatic rings. The summed E-state index contributed by atoms with van der Waals surface area (Å²) in [6, 6.07) is 4.89. The lowest BCUT2D eigenvalue weighted by Crippen LogP contribution is -2.41. The molecule has 1 fully saturated rings. The number of hydrogen-bond acceptors (Lipinski definition) is 5. The molecule has 112 valence electrons. The first-order chi connectivity index (χ1) is 9.48. The molecule has 1 aromatic rings. The summed E-state index contributed by atoms with van der Waals surface area (Å²) in [4.78, 5) is 0.121. The zero-order valence-electron chi connectivity index (χ0n) is 11.2. The Bertz CT molecular complexity index is 606. The Morgan fingerprint density at radius 3 is 2.55 bits per heavy atom. The first-order valence-electron chi connectivity index (χ1n) is 6.21. The molecule has 1 aromatic carbocycles. The lowest BCUT2D eigenvalue weighted by Gasteiger charge is -2.26. The third-order valence-corrected chi connectivity index (χ3v) is 6.41. The van der Waals surface area contributed by atoms with Crippen molar-refractivity contribution < 1.29 is 17.4 Å². The van der Waals surface area contributed by atoms with Gasteiger partial charge >= 0.3 is 0 Å². The van der Waals surface area contributed by atoms with Gasteiger partial charge in [0.05, 0.1) is 7.11 Å². The molecule has 0 atom stereocenters. The van der Waals surface area contributed by atoms with E-state index in [1.54, 1.807) is 18.2 Å². The molecule has 0 unspecified atom stereocenters. The van der Waals surface area contributed by atoms with Crippen molar-refractivity contribution >= 4 is 20.8 Å². The van der Waals surface area contributed by atoms with E-state index in [-0.39, 0.29) is 24.5 Å². The minimum atomic E-state index is -3.64. The van der Waals surface area contributed by atoms with Crippen molar-refractivity contribution in [1.29, 1.82) is 0 Å². The maximum Gasteiger partial charge on any atom is 0.246 e. The fraction of sp³-hybridized carbons (Fsp3) is 0.500. The number of hydrogen-bond donors (Lipinski definition) is 1. The zero-order valence-corrected chi connectivity index (χ0v) is 12.9. The molecule has 0 amide bonds. The minimum absolute atomic E-state index is 0.121. The summed E-state index contributed by atoms with van der Waals surface area (Å²) in [5, 5.41) is 0. The molecule has 2 N–H and O–H groups in total. The molecule has 1 saturated heterocycles. The summed E-state index contributed by atoms with van der Waals surface area (Å²) in [7, 11) is -3.13. The Labute approximate surface area is 121 Å². The van der Waals surface area contributed by atoms with E-state index in [0.717, 1.165) is 5.56 Å². The molecule has 0 bridgehead atoms. The maximum absolute atomic E-state index is 12.6. The standard InChI is InChI=1S/C12H18N2O4S2/c1-18-11-3-2-10(9-13)8-12(11)20(16,17)14-4-6-19(15)7-5-14/h2-3,8H,4-7,9,13H2,1H3. The monoisotopic (exact) mass is 318 g/mol. The van der Waals surface area contributed by atoms with Crippen molar-refractivity contribution in [2.75, 3.05) is 31.7 Å². The number of rotatable bonds is 4. The lowest BCUT2D eigenvalue weighted by molar-refractivity contribution is 0.394. The summed E-state index contributed by atoms with van der Waals surface area (Å²) in [6.07, 6.45) is 0. The Morgan fingerprint density at radius 1 is 1.35 bits per heavy atom. The van der Waals surface area contributed by atoms with Crippen molar-refractivity contribution in [1.82, 2.24) is 4.31 Å². The average molecular weight is 318 g/mol. The van der Waals surface area contributed by atoms with Gasteiger partial charge in [0.25, 0.3) is 0 Å². The van der Waals surface area contributed by atoms with Crippen LogP contribution in [0.4, 0.5) is 0 Å². The highest BCUT2D eigenvalue weighted by atomic mass is 32.2. The van der Waals surface area contributed by atoms with Gasteiger partial charge in [0.2, 0.25) is 10.0 Å². The van der Waals surface area contributed by atoms with Crippen molar-refractivity contribution in [3.05, 3.63) is 23.8 Å². The van der Waals surface area contributed by atoms with Crippen LogP contribution in [0.3, 0.4) is 0 Å². The van der Waals surface area contributed by atoms with Gasteiger partial charge < -0.3 is 10.5 Å². The number of sulfonamides is 1. The van der Waals surface area contributed by atoms with Crippen molar-refractivity contribution in [3.63, 3.8) is 0 Å². The van der Waals surface area contributed by atoms with Crippen LogP contribution in [-0.2, 0) is 27.4 Å². The van der Waals surface area contributed by atoms with Gasteiger partial charge in [0, 0.05) is 41.9 Å². The molecule has 0 saturated carbocycles. The molecular formula is C12H18N2O4S2. The van der Waals surface area contributed by atoms with E-state index in [9.17, 15) is 12.6 Å². The molecular weight excluding hydrogens is 300 g/mol. The summed E-state index contributed by atoms with van der Waals surface area (Å²) in [6.45, 7) is 0.798. The van der Waals surface area contributed by atoms with Gasteiger partial charge in [0.1, 0.15) is 10.6 Å². The highest BCUT2D eigenvalue weighted by molar-refractivity contribution is 7.89. The molecule has 6 nitrogen and oxygen atoms in total. The minimum Gasteiger partial charge on any atom is -0.495 e. The number of nitrogens with zero attached hydrogens (tertiary/aromatic N) is 1. The van der Waals surface area contributed by atoms with Crippen LogP contribution in [0.25, 0.3) is 0 Å². The Balaban J connectivity index is 2.40. The summed E-state index contributed by atoms with van der Waals surface area (Å²) < 4.78 is 43.1. The molecule has 1 heterocycles. The van der Waals surface area contributed by atoms with E-state index in [4.69, 9.17) is 10.5 Å². The third kappa shape index (κ3) is 3.03. The first kappa shape index (κ1) is 15.4. The Hall–Kier alpha value is -0.960. The number of nitrogens with two attached hydrogens (primary N) is 1. The lowest BCUT2D eigenvalue weighted by atomic mass is 10.2. The van der Waals surface area contributed by atoms with Crippen LogP contribution >= 0.6 is 0 Å². The van der Waals surface area contributed by atoms with Crippen molar-refractivity contribution in [2.24, 2.45) is 5.73 Å². The van der Waals surface area contributed by atoms with E-state index >= 15 is 0 Å². The van der Waals surface area contributed by atoms with Gasteiger partial charge in [-0.3, -0.25) is 4.21 Å². The van der Waals surface area contributed by atoms with Crippen LogP contribution in [0.15, 0.2) is 23.1 Å². The molecule has 1 aliphatic heterocycles. The fourth-order valence-corrected chi connectivity index (χ4v) is 4.98. The van der Waals surface area contributed by atoms with Gasteiger partial charge in [0.15, 0.2) is 0 Å². The van der Waals surface area contributed by atoms with Crippen LogP contribution in [-0.4, -0.2) is 48.6 Å². The van der Waals surface area contributed by atoms with E-state index in [2.05, 4.69) is 0 Å². The van der Waals surface area contributed by atoms with Crippen LogP contribution < -0.4 is 10.5 Å². The SMILES string of the molecule is COc1ccc(CN)cc1S(=O)(=O)N1CCS(=O)CC1. The van der Waals surface area contributed by atoms with Gasteiger partial charge in [-0.05, 0) is 17.7 Å². The number of ether oxygens (including phenoxy) is 1. The first-order valence-corrected chi connectivity index (χ1v) is 9.14. The number of benzene rings is 1. The van der Waals surface area contributed by atoms with E-state index in [1.807, 2.05) is 0 Å². The summed E-state index contributed by atoms with van der Waals surface area (Å²) in [5.74, 6) is 1.05. The fourth-order valence-electron chi connectivity index (χ4n) is 2.05. The molecule has 8 heteroatoms. The Kier molecular flexibility index (Phi) is 4.79. The van der Waals surface area contributed by atoms with E-state index in [0.29, 0.717) is 17.3 Å². The highest BCUT2D eigenvalue weighted by Crippen LogP contribution is 2.28. The smallest absolute Gasteiger partial charge is 0.246 e. The van der Waals surface area contributed by atoms with Gasteiger partial charge in [-0.1, -0.05) is 6.07 Å². The predicted octanol–water partition coefficient (Wildman–Crippen LogP) is -0.0931. The summed E-state index contributed by atoms with van der Waals surface area (Å²) in [5.41, 5.74) is 6.29. The second kappa shape index (κ2) is 6.21. The molecule has 0 aromatic heterocycles. The molecule has 0 radical (unpaired) electrons. The van der Waals surface area contributed by atoms with Gasteiger partial charge in [-0.15, -0.1) is 0 Å². The zero-order chi connectivity index (χ0) is 14.8. The topological polar surface area (TPSA) is 89.7 Å². The van der Waals surface area contributed by atoms with Crippen molar-refractivity contribution in [2.45, 2.75) is 11.4 Å². The van der Waals surface area contributed by atoms with Gasteiger partial charge in [-0.2, -0.15) is 4.31 Å². The van der Waals surface area contributed by atoms with Crippen LogP contribution in [0.5, 0.6) is 5.75 Å². The van der Waals surface area contributed by atoms with Crippen LogP contribution in [0.2, 0.25) is 0 Å². The second-order valence-electron chi connectivity index (χ2n) is 4.44. The third-order valence-electron chi connectivity index (χ3n) is 3.22. The van der Waals surface area contributed by atoms with E-state index < -0.39 is 20.8 Å². The average Bonchev–Trinajstić information content (AvgIpc) is 2.47. The predicted molar refractivity (Wildman–Crippen MR) is 77.5 cm³/mol.